The molecule has 1 atom stereocenters. The summed E-state index contributed by atoms with van der Waals surface area (Å²) in [5, 5.41) is 0. The zero-order valence-electron chi connectivity index (χ0n) is 11.2. The van der Waals surface area contributed by atoms with Gasteiger partial charge in [-0.3, -0.25) is 9.78 Å². The van der Waals surface area contributed by atoms with Gasteiger partial charge in [-0.1, -0.05) is 0 Å². The van der Waals surface area contributed by atoms with Crippen LogP contribution in [0.15, 0.2) is 24.5 Å². The Morgan fingerprint density at radius 1 is 1.47 bits per heavy atom. The van der Waals surface area contributed by atoms with Crippen molar-refractivity contribution in [2.75, 3.05) is 26.3 Å². The van der Waals surface area contributed by atoms with Crippen LogP contribution in [0.4, 0.5) is 0 Å². The van der Waals surface area contributed by atoms with E-state index in [1.807, 2.05) is 24.0 Å². The van der Waals surface area contributed by atoms with Crippen molar-refractivity contribution in [3.05, 3.63) is 24.5 Å². The molecule has 0 bridgehead atoms. The van der Waals surface area contributed by atoms with E-state index in [9.17, 15) is 4.79 Å². The summed E-state index contributed by atoms with van der Waals surface area (Å²) in [6.07, 6.45) is 5.41. The summed E-state index contributed by atoms with van der Waals surface area (Å²) < 4.78 is 11.0. The zero-order chi connectivity index (χ0) is 13.5. The van der Waals surface area contributed by atoms with E-state index in [1.165, 1.54) is 0 Å². The monoisotopic (exact) mass is 264 g/mol. The van der Waals surface area contributed by atoms with Crippen LogP contribution in [0.1, 0.15) is 19.8 Å². The van der Waals surface area contributed by atoms with E-state index in [-0.39, 0.29) is 18.6 Å². The van der Waals surface area contributed by atoms with E-state index in [4.69, 9.17) is 9.47 Å². The van der Waals surface area contributed by atoms with Gasteiger partial charge in [0.1, 0.15) is 18.5 Å². The van der Waals surface area contributed by atoms with E-state index >= 15 is 0 Å². The summed E-state index contributed by atoms with van der Waals surface area (Å²) >= 11 is 0. The molecule has 1 fully saturated rings. The predicted octanol–water partition coefficient (Wildman–Crippen LogP) is 1.49. The first-order valence-corrected chi connectivity index (χ1v) is 6.71. The number of hydrogen-bond donors (Lipinski definition) is 0. The zero-order valence-corrected chi connectivity index (χ0v) is 11.2. The van der Waals surface area contributed by atoms with Gasteiger partial charge in [0.05, 0.1) is 6.54 Å². The number of likely N-dealkylation sites (tertiary alicyclic amines) is 1. The lowest BCUT2D eigenvalue weighted by Crippen LogP contribution is -2.45. The molecule has 0 spiro atoms. The lowest BCUT2D eigenvalue weighted by Gasteiger charge is -2.32. The lowest BCUT2D eigenvalue weighted by atomic mass is 10.1. The van der Waals surface area contributed by atoms with Crippen LogP contribution in [0.2, 0.25) is 0 Å². The van der Waals surface area contributed by atoms with Crippen molar-refractivity contribution in [3.8, 4) is 5.75 Å². The minimum Gasteiger partial charge on any atom is -0.488 e. The van der Waals surface area contributed by atoms with Gasteiger partial charge in [0, 0.05) is 25.5 Å². The Balaban J connectivity index is 1.85. The van der Waals surface area contributed by atoms with Crippen LogP contribution in [0.5, 0.6) is 5.75 Å². The maximum atomic E-state index is 11.9. The minimum atomic E-state index is 0.0462. The standard InChI is InChI=1S/C14H20N2O3/c1-2-18-11-14(17)16-9-3-4-13(10-16)19-12-5-7-15-8-6-12/h5-8,13H,2-4,9-11H2,1H3. The van der Waals surface area contributed by atoms with Crippen molar-refractivity contribution in [2.45, 2.75) is 25.9 Å². The van der Waals surface area contributed by atoms with Crippen LogP contribution in [0, 0.1) is 0 Å². The van der Waals surface area contributed by atoms with Crippen molar-refractivity contribution in [1.82, 2.24) is 9.88 Å². The quantitative estimate of drug-likeness (QED) is 0.808. The van der Waals surface area contributed by atoms with E-state index in [0.29, 0.717) is 13.2 Å². The first-order valence-electron chi connectivity index (χ1n) is 6.71. The molecule has 0 N–H and O–H groups in total. The number of piperidine rings is 1. The number of amides is 1. The number of aromatic nitrogens is 1. The van der Waals surface area contributed by atoms with Crippen molar-refractivity contribution in [3.63, 3.8) is 0 Å². The molecule has 1 aliphatic heterocycles. The number of carbonyl (C=O) groups is 1. The molecule has 2 heterocycles. The van der Waals surface area contributed by atoms with Gasteiger partial charge in [-0.25, -0.2) is 0 Å². The van der Waals surface area contributed by atoms with Crippen molar-refractivity contribution in [1.29, 1.82) is 0 Å². The molecule has 1 saturated heterocycles. The van der Waals surface area contributed by atoms with Crippen molar-refractivity contribution >= 4 is 5.91 Å². The van der Waals surface area contributed by atoms with Gasteiger partial charge in [0.2, 0.25) is 5.91 Å². The molecule has 1 amide bonds. The topological polar surface area (TPSA) is 51.7 Å². The molecule has 2 rings (SSSR count). The smallest absolute Gasteiger partial charge is 0.248 e. The van der Waals surface area contributed by atoms with E-state index in [1.54, 1.807) is 12.4 Å². The fourth-order valence-electron chi connectivity index (χ4n) is 2.15. The number of nitrogens with zero attached hydrogens (tertiary/aromatic N) is 2. The molecule has 104 valence electrons. The molecular weight excluding hydrogens is 244 g/mol. The summed E-state index contributed by atoms with van der Waals surface area (Å²) in [7, 11) is 0. The second-order valence-corrected chi connectivity index (χ2v) is 4.54. The lowest BCUT2D eigenvalue weighted by molar-refractivity contribution is -0.138. The van der Waals surface area contributed by atoms with E-state index in [2.05, 4.69) is 4.98 Å². The first kappa shape index (κ1) is 13.8. The molecule has 1 aliphatic rings. The molecule has 1 aromatic rings. The van der Waals surface area contributed by atoms with Crippen molar-refractivity contribution in [2.24, 2.45) is 0 Å². The maximum absolute atomic E-state index is 11.9. The summed E-state index contributed by atoms with van der Waals surface area (Å²) in [4.78, 5) is 17.7. The number of rotatable bonds is 5. The molecule has 0 radical (unpaired) electrons. The number of pyridine rings is 1. The molecule has 19 heavy (non-hydrogen) atoms. The van der Waals surface area contributed by atoms with Crippen molar-refractivity contribution < 1.29 is 14.3 Å². The van der Waals surface area contributed by atoms with E-state index < -0.39 is 0 Å². The Bertz CT molecular complexity index is 397. The van der Waals surface area contributed by atoms with Gasteiger partial charge in [0.25, 0.3) is 0 Å². The number of carbonyl (C=O) groups excluding carboxylic acids is 1. The average Bonchev–Trinajstić information content (AvgIpc) is 2.46. The Labute approximate surface area is 113 Å². The Hall–Kier alpha value is -1.62. The molecule has 5 heteroatoms. The van der Waals surface area contributed by atoms with Gasteiger partial charge < -0.3 is 14.4 Å². The maximum Gasteiger partial charge on any atom is 0.248 e. The summed E-state index contributed by atoms with van der Waals surface area (Å²) in [5.41, 5.74) is 0. The van der Waals surface area contributed by atoms with Crippen LogP contribution in [0.25, 0.3) is 0 Å². The Morgan fingerprint density at radius 3 is 3.00 bits per heavy atom. The minimum absolute atomic E-state index is 0.0462. The van der Waals surface area contributed by atoms with Gasteiger partial charge >= 0.3 is 0 Å². The number of hydrogen-bond acceptors (Lipinski definition) is 4. The summed E-state index contributed by atoms with van der Waals surface area (Å²) in [6, 6.07) is 3.67. The molecule has 0 aliphatic carbocycles. The summed E-state index contributed by atoms with van der Waals surface area (Å²) in [5.74, 6) is 0.851. The number of ether oxygens (including phenoxy) is 2. The highest BCUT2D eigenvalue weighted by atomic mass is 16.5. The van der Waals surface area contributed by atoms with Gasteiger partial charge in [-0.05, 0) is 31.9 Å². The highest BCUT2D eigenvalue weighted by Gasteiger charge is 2.24. The molecule has 1 unspecified atom stereocenters. The van der Waals surface area contributed by atoms with Gasteiger partial charge in [-0.15, -0.1) is 0 Å². The van der Waals surface area contributed by atoms with Gasteiger partial charge in [0.15, 0.2) is 0 Å². The fraction of sp³-hybridized carbons (Fsp3) is 0.571. The third-order valence-corrected chi connectivity index (χ3v) is 3.11. The SMILES string of the molecule is CCOCC(=O)N1CCCC(Oc2ccncc2)C1. The van der Waals surface area contributed by atoms with E-state index in [0.717, 1.165) is 25.1 Å². The Morgan fingerprint density at radius 2 is 2.26 bits per heavy atom. The first-order chi connectivity index (χ1) is 9.29. The second kappa shape index (κ2) is 7.09. The van der Waals surface area contributed by atoms with Crippen LogP contribution < -0.4 is 4.74 Å². The van der Waals surface area contributed by atoms with Crippen LogP contribution in [-0.4, -0.2) is 48.2 Å². The third kappa shape index (κ3) is 4.21. The summed E-state index contributed by atoms with van der Waals surface area (Å²) in [6.45, 7) is 4.05. The molecular formula is C14H20N2O3. The molecule has 5 nitrogen and oxygen atoms in total. The molecule has 1 aromatic heterocycles. The molecule has 0 saturated carbocycles. The van der Waals surface area contributed by atoms with Gasteiger partial charge in [-0.2, -0.15) is 0 Å². The van der Waals surface area contributed by atoms with Crippen LogP contribution in [-0.2, 0) is 9.53 Å². The Kier molecular flexibility index (Phi) is 5.15. The predicted molar refractivity (Wildman–Crippen MR) is 71.0 cm³/mol. The second-order valence-electron chi connectivity index (χ2n) is 4.54. The normalized spacial score (nSPS) is 19.2. The largest absolute Gasteiger partial charge is 0.488 e. The van der Waals surface area contributed by atoms with Crippen LogP contribution in [0.3, 0.4) is 0 Å². The van der Waals surface area contributed by atoms with Crippen LogP contribution >= 0.6 is 0 Å². The fourth-order valence-corrected chi connectivity index (χ4v) is 2.15. The average molecular weight is 264 g/mol. The third-order valence-electron chi connectivity index (χ3n) is 3.11. The highest BCUT2D eigenvalue weighted by Crippen LogP contribution is 2.17. The molecule has 0 aromatic carbocycles. The highest BCUT2D eigenvalue weighted by molar-refractivity contribution is 5.77.